The highest BCUT2D eigenvalue weighted by molar-refractivity contribution is 5.83. The van der Waals surface area contributed by atoms with Gasteiger partial charge in [-0.3, -0.25) is 9.59 Å². The highest BCUT2D eigenvalue weighted by Gasteiger charge is 2.27. The predicted molar refractivity (Wildman–Crippen MR) is 63.9 cm³/mol. The first-order chi connectivity index (χ1) is 7.35. The fourth-order valence-corrected chi connectivity index (χ4v) is 1.30. The minimum absolute atomic E-state index is 0.0358. The van der Waals surface area contributed by atoms with Crippen LogP contribution in [0.2, 0.25) is 0 Å². The maximum atomic E-state index is 11.6. The van der Waals surface area contributed by atoms with Crippen LogP contribution in [0.3, 0.4) is 0 Å². The van der Waals surface area contributed by atoms with E-state index in [0.717, 1.165) is 0 Å². The van der Waals surface area contributed by atoms with Crippen LogP contribution in [-0.2, 0) is 9.59 Å². The van der Waals surface area contributed by atoms with E-state index in [9.17, 15) is 9.59 Å². The van der Waals surface area contributed by atoms with Crippen molar-refractivity contribution in [1.29, 1.82) is 0 Å². The first kappa shape index (κ1) is 14.9. The maximum absolute atomic E-state index is 11.6. The molecule has 0 bridgehead atoms. The van der Waals surface area contributed by atoms with Crippen LogP contribution >= 0.6 is 0 Å². The second-order valence-corrected chi connectivity index (χ2v) is 4.64. The minimum Gasteiger partial charge on any atom is -0.359 e. The molecule has 3 N–H and O–H groups in total. The standard InChI is InChI=1S/C11H23N3O2/c1-8(6-12-4)9(15)14-7-11(2,3)10(16)13-5/h8,12H,6-7H2,1-5H3,(H,13,16)(H,14,15). The van der Waals surface area contributed by atoms with Crippen molar-refractivity contribution < 1.29 is 9.59 Å². The molecule has 0 aliphatic rings. The number of amides is 2. The van der Waals surface area contributed by atoms with Crippen molar-refractivity contribution in [1.82, 2.24) is 16.0 Å². The Morgan fingerprint density at radius 3 is 2.25 bits per heavy atom. The van der Waals surface area contributed by atoms with Crippen LogP contribution in [0.1, 0.15) is 20.8 Å². The minimum atomic E-state index is -0.580. The monoisotopic (exact) mass is 229 g/mol. The summed E-state index contributed by atoms with van der Waals surface area (Å²) in [6.07, 6.45) is 0. The smallest absolute Gasteiger partial charge is 0.227 e. The van der Waals surface area contributed by atoms with Gasteiger partial charge in [0, 0.05) is 26.1 Å². The molecule has 94 valence electrons. The van der Waals surface area contributed by atoms with Crippen molar-refractivity contribution in [3.8, 4) is 0 Å². The van der Waals surface area contributed by atoms with Crippen molar-refractivity contribution in [3.05, 3.63) is 0 Å². The summed E-state index contributed by atoms with van der Waals surface area (Å²) >= 11 is 0. The topological polar surface area (TPSA) is 70.2 Å². The van der Waals surface area contributed by atoms with Gasteiger partial charge in [-0.25, -0.2) is 0 Å². The Morgan fingerprint density at radius 1 is 1.25 bits per heavy atom. The van der Waals surface area contributed by atoms with Gasteiger partial charge >= 0.3 is 0 Å². The summed E-state index contributed by atoms with van der Waals surface area (Å²) in [6, 6.07) is 0. The predicted octanol–water partition coefficient (Wildman–Crippen LogP) is -0.270. The Labute approximate surface area is 97.4 Å². The van der Waals surface area contributed by atoms with Gasteiger partial charge in [0.1, 0.15) is 0 Å². The summed E-state index contributed by atoms with van der Waals surface area (Å²) in [5, 5.41) is 8.30. The Hall–Kier alpha value is -1.10. The number of hydrogen-bond donors (Lipinski definition) is 3. The van der Waals surface area contributed by atoms with Crippen molar-refractivity contribution >= 4 is 11.8 Å². The van der Waals surface area contributed by atoms with Gasteiger partial charge in [0.25, 0.3) is 0 Å². The summed E-state index contributed by atoms with van der Waals surface area (Å²) < 4.78 is 0. The average molecular weight is 229 g/mol. The molecule has 0 aromatic heterocycles. The summed E-state index contributed by atoms with van der Waals surface area (Å²) in [6.45, 7) is 6.42. The molecule has 1 atom stereocenters. The van der Waals surface area contributed by atoms with Gasteiger partial charge in [0.15, 0.2) is 0 Å². The molecule has 0 radical (unpaired) electrons. The number of rotatable bonds is 6. The molecule has 0 fully saturated rings. The molecule has 16 heavy (non-hydrogen) atoms. The largest absolute Gasteiger partial charge is 0.359 e. The summed E-state index contributed by atoms with van der Waals surface area (Å²) in [4.78, 5) is 23.1. The Balaban J connectivity index is 4.14. The number of carbonyl (C=O) groups excluding carboxylic acids is 2. The Bertz CT molecular complexity index is 252. The number of carbonyl (C=O) groups is 2. The third-order valence-electron chi connectivity index (χ3n) is 2.50. The van der Waals surface area contributed by atoms with E-state index < -0.39 is 5.41 Å². The molecule has 0 rings (SSSR count). The van der Waals surface area contributed by atoms with Crippen molar-refractivity contribution in [2.24, 2.45) is 11.3 Å². The van der Waals surface area contributed by atoms with Gasteiger partial charge in [0.05, 0.1) is 5.41 Å². The van der Waals surface area contributed by atoms with Crippen LogP contribution < -0.4 is 16.0 Å². The van der Waals surface area contributed by atoms with Crippen LogP contribution in [0.5, 0.6) is 0 Å². The van der Waals surface area contributed by atoms with E-state index in [2.05, 4.69) is 16.0 Å². The molecule has 0 aliphatic heterocycles. The third-order valence-corrected chi connectivity index (χ3v) is 2.50. The molecule has 0 spiro atoms. The van der Waals surface area contributed by atoms with Gasteiger partial charge in [-0.1, -0.05) is 6.92 Å². The zero-order valence-corrected chi connectivity index (χ0v) is 10.8. The molecular weight excluding hydrogens is 206 g/mol. The zero-order chi connectivity index (χ0) is 12.8. The molecule has 0 heterocycles. The fourth-order valence-electron chi connectivity index (χ4n) is 1.30. The van der Waals surface area contributed by atoms with Crippen LogP contribution in [0.4, 0.5) is 0 Å². The van der Waals surface area contributed by atoms with E-state index in [4.69, 9.17) is 0 Å². The Kier molecular flexibility index (Phi) is 6.03. The highest BCUT2D eigenvalue weighted by atomic mass is 16.2. The van der Waals surface area contributed by atoms with Gasteiger partial charge in [-0.2, -0.15) is 0 Å². The van der Waals surface area contributed by atoms with Gasteiger partial charge in [-0.05, 0) is 20.9 Å². The molecule has 0 saturated carbocycles. The van der Waals surface area contributed by atoms with E-state index in [1.165, 1.54) is 0 Å². The van der Waals surface area contributed by atoms with E-state index in [-0.39, 0.29) is 17.7 Å². The van der Waals surface area contributed by atoms with E-state index in [0.29, 0.717) is 13.1 Å². The molecule has 5 nitrogen and oxygen atoms in total. The summed E-state index contributed by atoms with van der Waals surface area (Å²) in [5.41, 5.74) is -0.580. The lowest BCUT2D eigenvalue weighted by Crippen LogP contribution is -2.45. The van der Waals surface area contributed by atoms with Crippen molar-refractivity contribution in [2.45, 2.75) is 20.8 Å². The zero-order valence-electron chi connectivity index (χ0n) is 10.8. The first-order valence-electron chi connectivity index (χ1n) is 5.49. The Morgan fingerprint density at radius 2 is 1.81 bits per heavy atom. The SMILES string of the molecule is CNCC(C)C(=O)NCC(C)(C)C(=O)NC. The van der Waals surface area contributed by atoms with Crippen LogP contribution in [-0.4, -0.2) is 39.0 Å². The average Bonchev–Trinajstić information content (AvgIpc) is 2.25. The van der Waals surface area contributed by atoms with Crippen LogP contribution in [0.15, 0.2) is 0 Å². The van der Waals surface area contributed by atoms with Crippen LogP contribution in [0, 0.1) is 11.3 Å². The lowest BCUT2D eigenvalue weighted by Gasteiger charge is -2.23. The second-order valence-electron chi connectivity index (χ2n) is 4.64. The molecule has 0 saturated heterocycles. The van der Waals surface area contributed by atoms with Gasteiger partial charge in [0.2, 0.25) is 11.8 Å². The van der Waals surface area contributed by atoms with Crippen molar-refractivity contribution in [2.75, 3.05) is 27.2 Å². The second kappa shape index (κ2) is 6.48. The quantitative estimate of drug-likeness (QED) is 0.587. The molecule has 2 amide bonds. The van der Waals surface area contributed by atoms with Crippen molar-refractivity contribution in [3.63, 3.8) is 0 Å². The van der Waals surface area contributed by atoms with Gasteiger partial charge < -0.3 is 16.0 Å². The normalized spacial score (nSPS) is 13.1. The first-order valence-corrected chi connectivity index (χ1v) is 5.49. The van der Waals surface area contributed by atoms with E-state index in [1.807, 2.05) is 6.92 Å². The fraction of sp³-hybridized carbons (Fsp3) is 0.818. The third kappa shape index (κ3) is 4.61. The van der Waals surface area contributed by atoms with Gasteiger partial charge in [-0.15, -0.1) is 0 Å². The molecule has 5 heteroatoms. The highest BCUT2D eigenvalue weighted by Crippen LogP contribution is 2.13. The number of nitrogens with one attached hydrogen (secondary N) is 3. The molecule has 0 aromatic rings. The van der Waals surface area contributed by atoms with Crippen LogP contribution in [0.25, 0.3) is 0 Å². The molecule has 0 aliphatic carbocycles. The molecular formula is C11H23N3O2. The maximum Gasteiger partial charge on any atom is 0.227 e. The molecule has 1 unspecified atom stereocenters. The lowest BCUT2D eigenvalue weighted by atomic mass is 9.92. The summed E-state index contributed by atoms with van der Waals surface area (Å²) in [7, 11) is 3.40. The molecule has 0 aromatic carbocycles. The summed E-state index contributed by atoms with van der Waals surface area (Å²) in [5.74, 6) is -0.203. The van der Waals surface area contributed by atoms with E-state index in [1.54, 1.807) is 27.9 Å². The van der Waals surface area contributed by atoms with E-state index >= 15 is 0 Å². The lowest BCUT2D eigenvalue weighted by molar-refractivity contribution is -0.130. The number of hydrogen-bond acceptors (Lipinski definition) is 3.